The van der Waals surface area contributed by atoms with Gasteiger partial charge in [0.15, 0.2) is 0 Å². The Hall–Kier alpha value is -1.61. The van der Waals surface area contributed by atoms with Crippen LogP contribution in [0, 0.1) is 17.8 Å². The molecule has 1 saturated carbocycles. The Balaban J connectivity index is 0.00000180. The first-order valence-electron chi connectivity index (χ1n) is 10.4. The number of carbonyl (C=O) groups is 1. The van der Waals surface area contributed by atoms with Gasteiger partial charge in [-0.1, -0.05) is 36.4 Å². The van der Waals surface area contributed by atoms with Crippen LogP contribution in [0.4, 0.5) is 0 Å². The molecule has 26 heavy (non-hydrogen) atoms. The van der Waals surface area contributed by atoms with Crippen LogP contribution < -0.4 is 5.32 Å². The molecule has 1 saturated heterocycles. The molecule has 0 aromatic heterocycles. The summed E-state index contributed by atoms with van der Waals surface area (Å²) in [5.41, 5.74) is 3.13. The third kappa shape index (κ3) is 2.72. The van der Waals surface area contributed by atoms with E-state index in [0.717, 1.165) is 24.2 Å². The summed E-state index contributed by atoms with van der Waals surface area (Å²) in [6.07, 6.45) is 11.3. The Morgan fingerprint density at radius 2 is 2.04 bits per heavy atom. The number of carbonyl (C=O) groups excluding carboxylic acids is 1. The Bertz CT molecular complexity index is 738. The predicted molar refractivity (Wildman–Crippen MR) is 106 cm³/mol. The molecule has 3 nitrogen and oxygen atoms in total. The zero-order chi connectivity index (χ0) is 17.7. The molecule has 1 aromatic carbocycles. The highest BCUT2D eigenvalue weighted by atomic mass is 16.1. The number of benzene rings is 1. The van der Waals surface area contributed by atoms with Gasteiger partial charge in [0.25, 0.3) is 0 Å². The summed E-state index contributed by atoms with van der Waals surface area (Å²) >= 11 is 0. The lowest BCUT2D eigenvalue weighted by atomic mass is 9.73. The zero-order valence-electron chi connectivity index (χ0n) is 15.8. The molecule has 3 heteroatoms. The summed E-state index contributed by atoms with van der Waals surface area (Å²) in [6.45, 7) is 5.34. The molecule has 1 amide bonds. The highest BCUT2D eigenvalue weighted by molar-refractivity contribution is 5.73. The van der Waals surface area contributed by atoms with Crippen molar-refractivity contribution < 1.29 is 6.22 Å². The number of amides is 1. The van der Waals surface area contributed by atoms with E-state index in [1.54, 1.807) is 6.92 Å². The van der Waals surface area contributed by atoms with Gasteiger partial charge in [-0.3, -0.25) is 4.79 Å². The number of piperidine rings is 1. The fourth-order valence-electron chi connectivity index (χ4n) is 6.34. The second-order valence-electron chi connectivity index (χ2n) is 9.17. The second-order valence-corrected chi connectivity index (χ2v) is 9.17. The first-order chi connectivity index (χ1) is 12.6. The molecule has 1 spiro atoms. The summed E-state index contributed by atoms with van der Waals surface area (Å²) in [4.78, 5) is 14.4. The van der Waals surface area contributed by atoms with Gasteiger partial charge < -0.3 is 10.2 Å². The van der Waals surface area contributed by atoms with Crippen LogP contribution in [0.5, 0.6) is 0 Å². The number of nitrogens with one attached hydrogen (secondary N) is 1. The van der Waals surface area contributed by atoms with E-state index in [-0.39, 0.29) is 18.8 Å². The van der Waals surface area contributed by atoms with E-state index in [9.17, 15) is 4.79 Å². The van der Waals surface area contributed by atoms with Gasteiger partial charge >= 0.3 is 0 Å². The number of fused-ring (bicyclic) bond motifs is 4. The van der Waals surface area contributed by atoms with Gasteiger partial charge in [0.1, 0.15) is 0 Å². The second kappa shape index (κ2) is 6.23. The van der Waals surface area contributed by atoms with Crippen LogP contribution in [-0.2, 0) is 10.2 Å². The van der Waals surface area contributed by atoms with Crippen molar-refractivity contribution in [1.82, 2.24) is 10.2 Å². The van der Waals surface area contributed by atoms with E-state index < -0.39 is 0 Å². The topological polar surface area (TPSA) is 32.3 Å². The molecule has 0 radical (unpaired) electrons. The summed E-state index contributed by atoms with van der Waals surface area (Å²) in [5, 5.41) is 3.20. The average molecular weight is 353 g/mol. The molecule has 2 fully saturated rings. The van der Waals surface area contributed by atoms with Gasteiger partial charge in [-0.05, 0) is 74.1 Å². The third-order valence-corrected chi connectivity index (χ3v) is 7.60. The number of hydrogen-bond donors (Lipinski definition) is 1. The molecule has 2 bridgehead atoms. The van der Waals surface area contributed by atoms with E-state index in [4.69, 9.17) is 0 Å². The molecule has 140 valence electrons. The molecule has 1 N–H and O–H groups in total. The van der Waals surface area contributed by atoms with Crippen LogP contribution >= 0.6 is 0 Å². The normalized spacial score (nSPS) is 34.3. The minimum absolute atomic E-state index is 0. The lowest BCUT2D eigenvalue weighted by molar-refractivity contribution is -0.119. The molecule has 5 rings (SSSR count). The molecule has 1 aromatic rings. The smallest absolute Gasteiger partial charge is 0.217 e. The first-order valence-corrected chi connectivity index (χ1v) is 10.4. The van der Waals surface area contributed by atoms with Gasteiger partial charge in [0.05, 0.1) is 6.04 Å². The molecule has 4 aliphatic rings. The van der Waals surface area contributed by atoms with Crippen molar-refractivity contribution in [2.24, 2.45) is 17.8 Å². The molecular formula is C23H32N2O. The maximum Gasteiger partial charge on any atom is 0.217 e. The maximum absolute atomic E-state index is 11.7. The van der Waals surface area contributed by atoms with Gasteiger partial charge in [0, 0.05) is 20.3 Å². The molecule has 1 aliphatic heterocycles. The zero-order valence-corrected chi connectivity index (χ0v) is 15.8. The molecule has 1 heterocycles. The Labute approximate surface area is 158 Å². The molecule has 4 atom stereocenters. The number of hydrogen-bond acceptors (Lipinski definition) is 2. The van der Waals surface area contributed by atoms with Crippen LogP contribution in [0.25, 0.3) is 0 Å². The number of likely N-dealkylation sites (tertiary alicyclic amines) is 1. The van der Waals surface area contributed by atoms with Crippen molar-refractivity contribution in [1.29, 1.82) is 0 Å². The molecule has 1 unspecified atom stereocenters. The minimum Gasteiger partial charge on any atom is -0.349 e. The summed E-state index contributed by atoms with van der Waals surface area (Å²) in [5.74, 6) is 2.71. The highest BCUT2D eigenvalue weighted by Crippen LogP contribution is 2.51. The van der Waals surface area contributed by atoms with Crippen molar-refractivity contribution in [3.63, 3.8) is 0 Å². The molecule has 3 aliphatic carbocycles. The quantitative estimate of drug-likeness (QED) is 0.832. The van der Waals surface area contributed by atoms with E-state index in [1.807, 2.05) is 0 Å². The summed E-state index contributed by atoms with van der Waals surface area (Å²) in [7, 11) is 0. The standard InChI is InChI=1S/C23H30N2O.H2/c1-16(26)24-22-14-23(21-5-3-2-4-20(21)22)8-10-25(11-9-23)15-19-13-17-6-7-18(19)12-17;/h2-7,17-19,22H,8-15H2,1H3,(H,24,26);1H/t17-,18-,19+,22?;/m0./s1. The monoisotopic (exact) mass is 352 g/mol. The summed E-state index contributed by atoms with van der Waals surface area (Å²) in [6, 6.07) is 9.02. The summed E-state index contributed by atoms with van der Waals surface area (Å²) < 4.78 is 0. The van der Waals surface area contributed by atoms with Crippen LogP contribution in [0.2, 0.25) is 0 Å². The van der Waals surface area contributed by atoms with Gasteiger partial charge in [0.2, 0.25) is 5.91 Å². The van der Waals surface area contributed by atoms with Crippen molar-refractivity contribution in [2.75, 3.05) is 19.6 Å². The Morgan fingerprint density at radius 1 is 1.23 bits per heavy atom. The predicted octanol–water partition coefficient (Wildman–Crippen LogP) is 4.06. The SMILES string of the molecule is CC(=O)NC1CC2(CCN(C[C@H]3C[C@H]4C=C[C@H]3C4)CC2)c2ccccc21.[HH]. The van der Waals surface area contributed by atoms with Crippen molar-refractivity contribution >= 4 is 5.91 Å². The minimum atomic E-state index is 0. The van der Waals surface area contributed by atoms with E-state index >= 15 is 0 Å². The van der Waals surface area contributed by atoms with Gasteiger partial charge in [-0.25, -0.2) is 0 Å². The van der Waals surface area contributed by atoms with Crippen LogP contribution in [0.1, 0.15) is 57.6 Å². The van der Waals surface area contributed by atoms with Crippen molar-refractivity contribution in [3.05, 3.63) is 47.5 Å². The van der Waals surface area contributed by atoms with Crippen molar-refractivity contribution in [3.8, 4) is 0 Å². The Morgan fingerprint density at radius 3 is 2.73 bits per heavy atom. The molecular weight excluding hydrogens is 320 g/mol. The fraction of sp³-hybridized carbons (Fsp3) is 0.609. The lowest BCUT2D eigenvalue weighted by Gasteiger charge is -2.41. The lowest BCUT2D eigenvalue weighted by Crippen LogP contribution is -2.44. The first kappa shape index (κ1) is 16.6. The van der Waals surface area contributed by atoms with Crippen LogP contribution in [0.3, 0.4) is 0 Å². The van der Waals surface area contributed by atoms with E-state index in [1.165, 1.54) is 56.4 Å². The van der Waals surface area contributed by atoms with E-state index in [0.29, 0.717) is 0 Å². The third-order valence-electron chi connectivity index (χ3n) is 7.60. The number of rotatable bonds is 3. The highest BCUT2D eigenvalue weighted by Gasteiger charge is 2.46. The van der Waals surface area contributed by atoms with Crippen molar-refractivity contribution in [2.45, 2.75) is 50.5 Å². The van der Waals surface area contributed by atoms with Gasteiger partial charge in [-0.15, -0.1) is 0 Å². The largest absolute Gasteiger partial charge is 0.349 e. The van der Waals surface area contributed by atoms with Gasteiger partial charge in [-0.2, -0.15) is 0 Å². The fourth-order valence-corrected chi connectivity index (χ4v) is 6.34. The average Bonchev–Trinajstić information content (AvgIpc) is 3.32. The Kier molecular flexibility index (Phi) is 3.97. The van der Waals surface area contributed by atoms with Crippen LogP contribution in [-0.4, -0.2) is 30.4 Å². The van der Waals surface area contributed by atoms with Crippen LogP contribution in [0.15, 0.2) is 36.4 Å². The van der Waals surface area contributed by atoms with E-state index in [2.05, 4.69) is 46.6 Å². The number of allylic oxidation sites excluding steroid dienone is 2. The number of nitrogens with zero attached hydrogens (tertiary/aromatic N) is 1. The maximum atomic E-state index is 11.7.